The third-order valence-corrected chi connectivity index (χ3v) is 8.98. The number of anilines is 2. The molecule has 3 amide bonds. The molecule has 0 bridgehead atoms. The number of nitrogens with zero attached hydrogens (tertiary/aromatic N) is 4. The van der Waals surface area contributed by atoms with Gasteiger partial charge >= 0.3 is 12.1 Å². The van der Waals surface area contributed by atoms with Crippen LogP contribution >= 0.6 is 11.6 Å². The smallest absolute Gasteiger partial charge is 0.414 e. The molecule has 1 aliphatic carbocycles. The van der Waals surface area contributed by atoms with Crippen LogP contribution in [0, 0.1) is 17.5 Å². The van der Waals surface area contributed by atoms with Crippen LogP contribution in [0.3, 0.4) is 0 Å². The van der Waals surface area contributed by atoms with Gasteiger partial charge in [-0.1, -0.05) is 11.6 Å². The van der Waals surface area contributed by atoms with Crippen LogP contribution < -0.4 is 20.5 Å². The minimum Gasteiger partial charge on any atom is -0.469 e. The fraction of sp³-hybridized carbons (Fsp3) is 0.406. The summed E-state index contributed by atoms with van der Waals surface area (Å²) in [4.78, 5) is 66.8. The van der Waals surface area contributed by atoms with E-state index < -0.39 is 59.4 Å². The van der Waals surface area contributed by atoms with Gasteiger partial charge in [0.25, 0.3) is 5.91 Å². The molecule has 2 aromatic carbocycles. The Morgan fingerprint density at radius 2 is 1.69 bits per heavy atom. The maximum Gasteiger partial charge on any atom is 0.414 e. The number of pyridine rings is 1. The molecule has 12 nitrogen and oxygen atoms in total. The topological polar surface area (TPSA) is 130 Å². The first-order valence-electron chi connectivity index (χ1n) is 15.3. The Balaban J connectivity index is 1.06. The summed E-state index contributed by atoms with van der Waals surface area (Å²) < 4.78 is 56.2. The van der Waals surface area contributed by atoms with Crippen molar-refractivity contribution in [1.82, 2.24) is 14.8 Å². The fourth-order valence-electron chi connectivity index (χ4n) is 5.98. The number of nitrogens with one attached hydrogen (secondary N) is 1. The van der Waals surface area contributed by atoms with Crippen LogP contribution in [0.4, 0.5) is 29.3 Å². The molecule has 2 saturated heterocycles. The zero-order valence-corrected chi connectivity index (χ0v) is 26.5. The largest absolute Gasteiger partial charge is 0.469 e. The molecule has 0 unspecified atom stereocenters. The van der Waals surface area contributed by atoms with Gasteiger partial charge in [0.15, 0.2) is 11.6 Å². The van der Waals surface area contributed by atoms with Crippen LogP contribution in [-0.2, 0) is 19.1 Å². The number of cyclic esters (lactones) is 1. The average Bonchev–Trinajstić information content (AvgIpc) is 3.84. The van der Waals surface area contributed by atoms with Gasteiger partial charge < -0.3 is 29.2 Å². The average molecular weight is 690 g/mol. The molecule has 48 heavy (non-hydrogen) atoms. The maximum absolute atomic E-state index is 15.2. The number of benzene rings is 2. The van der Waals surface area contributed by atoms with Crippen molar-refractivity contribution in [2.75, 3.05) is 56.2 Å². The number of carbonyl (C=O) groups is 4. The number of rotatable bonds is 9. The Kier molecular flexibility index (Phi) is 9.23. The number of halogens is 4. The number of hydrogen-bond donors (Lipinski definition) is 1. The van der Waals surface area contributed by atoms with E-state index in [1.807, 2.05) is 0 Å². The third-order valence-electron chi connectivity index (χ3n) is 8.69. The van der Waals surface area contributed by atoms with Crippen LogP contribution in [-0.4, -0.2) is 85.8 Å². The van der Waals surface area contributed by atoms with Gasteiger partial charge in [-0.25, -0.2) is 18.0 Å². The van der Waals surface area contributed by atoms with E-state index in [4.69, 9.17) is 16.3 Å². The number of piperazine rings is 1. The van der Waals surface area contributed by atoms with Crippen molar-refractivity contribution < 1.29 is 41.8 Å². The second kappa shape index (κ2) is 13.4. The van der Waals surface area contributed by atoms with Gasteiger partial charge in [0.05, 0.1) is 36.4 Å². The first-order chi connectivity index (χ1) is 22.9. The lowest BCUT2D eigenvalue weighted by Gasteiger charge is -2.36. The molecule has 0 spiro atoms. The number of fused-ring (bicyclic) bond motifs is 1. The van der Waals surface area contributed by atoms with E-state index in [1.54, 1.807) is 4.57 Å². The lowest BCUT2D eigenvalue weighted by atomic mass is 10.1. The second-order valence-corrected chi connectivity index (χ2v) is 12.2. The highest BCUT2D eigenvalue weighted by atomic mass is 35.5. The van der Waals surface area contributed by atoms with E-state index in [0.29, 0.717) is 5.52 Å². The molecule has 3 heterocycles. The Morgan fingerprint density at radius 3 is 2.33 bits per heavy atom. The van der Waals surface area contributed by atoms with Gasteiger partial charge in [-0.15, -0.1) is 0 Å². The lowest BCUT2D eigenvalue weighted by molar-refractivity contribution is -0.141. The van der Waals surface area contributed by atoms with Crippen molar-refractivity contribution >= 4 is 57.8 Å². The zero-order chi connectivity index (χ0) is 34.3. The Labute approximate surface area is 276 Å². The first-order valence-corrected chi connectivity index (χ1v) is 15.7. The molecule has 3 fully saturated rings. The van der Waals surface area contributed by atoms with E-state index in [0.717, 1.165) is 35.9 Å². The number of methoxy groups -OCH3 is 1. The van der Waals surface area contributed by atoms with E-state index >= 15 is 8.78 Å². The summed E-state index contributed by atoms with van der Waals surface area (Å²) in [5, 5.41) is 2.33. The molecule has 1 saturated carbocycles. The number of aromatic nitrogens is 1. The van der Waals surface area contributed by atoms with Crippen LogP contribution in [0.2, 0.25) is 5.02 Å². The van der Waals surface area contributed by atoms with Gasteiger partial charge in [0.1, 0.15) is 23.2 Å². The van der Waals surface area contributed by atoms with Gasteiger partial charge in [-0.05, 0) is 31.4 Å². The third kappa shape index (κ3) is 6.64. The molecule has 16 heteroatoms. The number of esters is 1. The SMILES string of the molecule is COC(=O)CC[C@H]1CN(c2cc(F)c(N3CCN(C(=O)CNC(=O)c4cn(C5CC5)c5cc(Cl)c(F)cc5c4=O)CC3)c(F)c2)C(=O)O1. The monoisotopic (exact) mass is 689 g/mol. The molecule has 1 N–H and O–H groups in total. The van der Waals surface area contributed by atoms with Crippen molar-refractivity contribution in [1.29, 1.82) is 0 Å². The lowest BCUT2D eigenvalue weighted by Crippen LogP contribution is -2.51. The first kappa shape index (κ1) is 33.1. The zero-order valence-electron chi connectivity index (χ0n) is 25.8. The fourth-order valence-corrected chi connectivity index (χ4v) is 6.13. The normalized spacial score (nSPS) is 17.9. The van der Waals surface area contributed by atoms with Gasteiger partial charge in [0.2, 0.25) is 11.3 Å². The van der Waals surface area contributed by atoms with Crippen molar-refractivity contribution in [2.24, 2.45) is 0 Å². The van der Waals surface area contributed by atoms with Gasteiger partial charge in [0, 0.05) is 62.4 Å². The minimum absolute atomic E-state index is 0.00610. The van der Waals surface area contributed by atoms with E-state index in [2.05, 4.69) is 10.1 Å². The van der Waals surface area contributed by atoms with E-state index in [9.17, 15) is 28.4 Å². The van der Waals surface area contributed by atoms with Gasteiger partial charge in [-0.3, -0.25) is 24.1 Å². The van der Waals surface area contributed by atoms with Gasteiger partial charge in [-0.2, -0.15) is 0 Å². The molecular weight excluding hydrogens is 659 g/mol. The predicted molar refractivity (Wildman–Crippen MR) is 168 cm³/mol. The second-order valence-electron chi connectivity index (χ2n) is 11.8. The molecule has 3 aliphatic rings. The summed E-state index contributed by atoms with van der Waals surface area (Å²) in [6.45, 7) is -0.0619. The highest BCUT2D eigenvalue weighted by Crippen LogP contribution is 2.38. The van der Waals surface area contributed by atoms with Crippen LogP contribution in [0.1, 0.15) is 42.1 Å². The number of ether oxygens (including phenoxy) is 2. The van der Waals surface area contributed by atoms with E-state index in [-0.39, 0.29) is 79.0 Å². The van der Waals surface area contributed by atoms with Crippen LogP contribution in [0.15, 0.2) is 35.3 Å². The Hall–Kier alpha value is -4.79. The standard InChI is InChI=1S/C32H31ClF3N5O7/c1-47-28(43)5-4-19-15-41(32(46)48-19)18-10-24(35)29(25(36)11-18)39-8-6-38(7-9-39)27(42)14-37-31(45)21-16-40(17-2-3-17)26-13-22(33)23(34)12-20(26)30(21)44/h10-13,16-17,19H,2-9,14-15H2,1H3,(H,37,45)/t19-/m0/s1. The molecule has 3 aromatic rings. The van der Waals surface area contributed by atoms with Crippen LogP contribution in [0.25, 0.3) is 10.9 Å². The quantitative estimate of drug-likeness (QED) is 0.336. The van der Waals surface area contributed by atoms with E-state index in [1.165, 1.54) is 29.2 Å². The molecule has 1 aromatic heterocycles. The summed E-state index contributed by atoms with van der Waals surface area (Å²) in [6.07, 6.45) is 1.84. The summed E-state index contributed by atoms with van der Waals surface area (Å²) in [6, 6.07) is 4.46. The summed E-state index contributed by atoms with van der Waals surface area (Å²) in [5.74, 6) is -4.32. The number of amides is 3. The summed E-state index contributed by atoms with van der Waals surface area (Å²) >= 11 is 5.94. The highest BCUT2D eigenvalue weighted by molar-refractivity contribution is 6.31. The molecule has 2 aliphatic heterocycles. The maximum atomic E-state index is 15.2. The van der Waals surface area contributed by atoms with Crippen molar-refractivity contribution in [3.8, 4) is 0 Å². The predicted octanol–water partition coefficient (Wildman–Crippen LogP) is 3.76. The summed E-state index contributed by atoms with van der Waals surface area (Å²) in [5.41, 5.74) is -0.849. The van der Waals surface area contributed by atoms with Crippen molar-refractivity contribution in [3.63, 3.8) is 0 Å². The highest BCUT2D eigenvalue weighted by Gasteiger charge is 2.35. The van der Waals surface area contributed by atoms with Crippen LogP contribution in [0.5, 0.6) is 0 Å². The molecule has 0 radical (unpaired) electrons. The van der Waals surface area contributed by atoms with Crippen molar-refractivity contribution in [2.45, 2.75) is 37.8 Å². The molecule has 254 valence electrons. The molecule has 1 atom stereocenters. The summed E-state index contributed by atoms with van der Waals surface area (Å²) in [7, 11) is 1.24. The number of hydrogen-bond acceptors (Lipinski definition) is 8. The molecule has 6 rings (SSSR count). The van der Waals surface area contributed by atoms with Crippen molar-refractivity contribution in [3.05, 3.63) is 68.7 Å². The molecular formula is C32H31ClF3N5O7. The number of carbonyl (C=O) groups excluding carboxylic acids is 4. The Bertz CT molecular complexity index is 1850. The minimum atomic E-state index is -0.905. The Morgan fingerprint density at radius 1 is 1.00 bits per heavy atom.